The number of H-pyrrole nitrogens is 1. The number of benzene rings is 1. The van der Waals surface area contributed by atoms with Crippen molar-refractivity contribution in [3.05, 3.63) is 30.0 Å². The number of nitrogens with one attached hydrogen (secondary N) is 1. The Kier molecular flexibility index (Phi) is 4.35. The summed E-state index contributed by atoms with van der Waals surface area (Å²) in [5.74, 6) is 1.01. The van der Waals surface area contributed by atoms with Crippen LogP contribution in [0.2, 0.25) is 0 Å². The minimum Gasteiger partial charge on any atom is -0.497 e. The maximum atomic E-state index is 12.3. The first-order chi connectivity index (χ1) is 10.9. The fourth-order valence-electron chi connectivity index (χ4n) is 3.12. The molecule has 2 aromatic rings. The molecule has 1 aromatic carbocycles. The molecule has 1 fully saturated rings. The van der Waals surface area contributed by atoms with Crippen molar-refractivity contribution in [1.29, 1.82) is 0 Å². The lowest BCUT2D eigenvalue weighted by atomic mass is 9.96. The molecule has 1 aliphatic heterocycles. The molecule has 0 radical (unpaired) electrons. The molecule has 6 nitrogen and oxygen atoms in total. The summed E-state index contributed by atoms with van der Waals surface area (Å²) in [6.07, 6.45) is 1.86. The van der Waals surface area contributed by atoms with Gasteiger partial charge in [-0.2, -0.15) is 17.0 Å². The number of aromatic amines is 1. The van der Waals surface area contributed by atoms with Crippen LogP contribution in [-0.2, 0) is 10.2 Å². The minimum atomic E-state index is -3.35. The monoisotopic (exact) mass is 337 g/mol. The lowest BCUT2D eigenvalue weighted by Gasteiger charge is -2.33. The first-order valence-corrected chi connectivity index (χ1v) is 9.16. The lowest BCUT2D eigenvalue weighted by molar-refractivity contribution is 0.296. The number of rotatable bonds is 4. The summed E-state index contributed by atoms with van der Waals surface area (Å²) in [6.45, 7) is 1.11. The van der Waals surface area contributed by atoms with Crippen LogP contribution in [0.3, 0.4) is 0 Å². The van der Waals surface area contributed by atoms with E-state index in [4.69, 9.17) is 4.74 Å². The maximum Gasteiger partial charge on any atom is 0.281 e. The van der Waals surface area contributed by atoms with Gasteiger partial charge in [0.1, 0.15) is 5.75 Å². The molecule has 0 bridgehead atoms. The third-order valence-corrected chi connectivity index (χ3v) is 6.37. The number of fused-ring (bicyclic) bond motifs is 1. The molecule has 1 unspecified atom stereocenters. The average Bonchev–Trinajstić information content (AvgIpc) is 2.97. The van der Waals surface area contributed by atoms with Gasteiger partial charge in [0.2, 0.25) is 0 Å². The van der Waals surface area contributed by atoms with E-state index >= 15 is 0 Å². The summed E-state index contributed by atoms with van der Waals surface area (Å²) in [6, 6.07) is 8.02. The number of methoxy groups -OCH3 is 1. The normalized spacial score (nSPS) is 20.3. The number of nitrogens with zero attached hydrogens (tertiary/aromatic N) is 2. The highest BCUT2D eigenvalue weighted by Crippen LogP contribution is 2.31. The van der Waals surface area contributed by atoms with E-state index in [0.29, 0.717) is 13.1 Å². The second kappa shape index (κ2) is 6.14. The van der Waals surface area contributed by atoms with Gasteiger partial charge in [-0.3, -0.25) is 0 Å². The maximum absolute atomic E-state index is 12.3. The van der Waals surface area contributed by atoms with Gasteiger partial charge in [0.25, 0.3) is 10.2 Å². The Bertz CT molecular complexity index is 798. The third-order valence-electron chi connectivity index (χ3n) is 4.46. The van der Waals surface area contributed by atoms with Crippen molar-refractivity contribution in [2.75, 3.05) is 34.3 Å². The lowest BCUT2D eigenvalue weighted by Crippen LogP contribution is -2.44. The van der Waals surface area contributed by atoms with Crippen LogP contribution in [0.1, 0.15) is 24.5 Å². The SMILES string of the molecule is COc1ccc2[nH]c(C3CCCN(S(=O)(=O)N(C)C)C3)cc2c1. The summed E-state index contributed by atoms with van der Waals surface area (Å²) in [5, 5.41) is 1.09. The quantitative estimate of drug-likeness (QED) is 0.930. The summed E-state index contributed by atoms with van der Waals surface area (Å²) in [5.41, 5.74) is 2.14. The number of piperidine rings is 1. The second-order valence-corrected chi connectivity index (χ2v) is 8.31. The first-order valence-electron chi connectivity index (χ1n) is 7.76. The van der Waals surface area contributed by atoms with E-state index in [1.807, 2.05) is 18.2 Å². The zero-order valence-electron chi connectivity index (χ0n) is 13.7. The van der Waals surface area contributed by atoms with Crippen LogP contribution < -0.4 is 4.74 Å². The molecule has 0 aliphatic carbocycles. The van der Waals surface area contributed by atoms with Crippen LogP contribution in [0.4, 0.5) is 0 Å². The van der Waals surface area contributed by atoms with Crippen molar-refractivity contribution in [3.8, 4) is 5.75 Å². The second-order valence-electron chi connectivity index (χ2n) is 6.17. The molecule has 126 valence electrons. The number of hydrogen-bond donors (Lipinski definition) is 1. The highest BCUT2D eigenvalue weighted by molar-refractivity contribution is 7.86. The van der Waals surface area contributed by atoms with Crippen molar-refractivity contribution in [2.24, 2.45) is 0 Å². The highest BCUT2D eigenvalue weighted by Gasteiger charge is 2.31. The third kappa shape index (κ3) is 3.08. The predicted molar refractivity (Wildman–Crippen MR) is 91.0 cm³/mol. The molecule has 1 aliphatic rings. The highest BCUT2D eigenvalue weighted by atomic mass is 32.2. The smallest absolute Gasteiger partial charge is 0.281 e. The molecule has 7 heteroatoms. The van der Waals surface area contributed by atoms with E-state index in [1.165, 1.54) is 4.31 Å². The molecule has 1 N–H and O–H groups in total. The van der Waals surface area contributed by atoms with Gasteiger partial charge >= 0.3 is 0 Å². The Morgan fingerprint density at radius 2 is 2.09 bits per heavy atom. The molecule has 23 heavy (non-hydrogen) atoms. The summed E-state index contributed by atoms with van der Waals surface area (Å²) < 4.78 is 32.8. The van der Waals surface area contributed by atoms with E-state index in [-0.39, 0.29) is 5.92 Å². The van der Waals surface area contributed by atoms with Crippen molar-refractivity contribution >= 4 is 21.1 Å². The van der Waals surface area contributed by atoms with Crippen LogP contribution in [0.5, 0.6) is 5.75 Å². The Morgan fingerprint density at radius 1 is 1.30 bits per heavy atom. The largest absolute Gasteiger partial charge is 0.497 e. The summed E-state index contributed by atoms with van der Waals surface area (Å²) >= 11 is 0. The zero-order chi connectivity index (χ0) is 16.6. The summed E-state index contributed by atoms with van der Waals surface area (Å²) in [7, 11) is 1.46. The van der Waals surface area contributed by atoms with Gasteiger partial charge in [0.05, 0.1) is 7.11 Å². The molecule has 0 spiro atoms. The first kappa shape index (κ1) is 16.3. The molecule has 2 heterocycles. The Balaban J connectivity index is 1.86. The minimum absolute atomic E-state index is 0.192. The van der Waals surface area contributed by atoms with Crippen molar-refractivity contribution in [1.82, 2.24) is 13.6 Å². The van der Waals surface area contributed by atoms with Crippen LogP contribution in [0.25, 0.3) is 10.9 Å². The summed E-state index contributed by atoms with van der Waals surface area (Å²) in [4.78, 5) is 3.43. The van der Waals surface area contributed by atoms with Crippen LogP contribution in [0, 0.1) is 0 Å². The number of hydrogen-bond acceptors (Lipinski definition) is 3. The van der Waals surface area contributed by atoms with Crippen LogP contribution in [0.15, 0.2) is 24.3 Å². The van der Waals surface area contributed by atoms with E-state index in [0.717, 1.165) is 35.2 Å². The fourth-order valence-corrected chi connectivity index (χ4v) is 4.31. The van der Waals surface area contributed by atoms with Crippen molar-refractivity contribution in [2.45, 2.75) is 18.8 Å². The standard InChI is InChI=1S/C16H23N3O3S/c1-18(2)23(20,21)19-8-4-5-12(11-19)16-10-13-9-14(22-3)6-7-15(13)17-16/h6-7,9-10,12,17H,4-5,8,11H2,1-3H3. The zero-order valence-corrected chi connectivity index (χ0v) is 14.6. The topological polar surface area (TPSA) is 65.6 Å². The van der Waals surface area contributed by atoms with E-state index in [2.05, 4.69) is 11.1 Å². The Morgan fingerprint density at radius 3 is 2.78 bits per heavy atom. The van der Waals surface area contributed by atoms with Crippen molar-refractivity contribution in [3.63, 3.8) is 0 Å². The van der Waals surface area contributed by atoms with E-state index < -0.39 is 10.2 Å². The van der Waals surface area contributed by atoms with E-state index in [1.54, 1.807) is 25.5 Å². The number of ether oxygens (including phenoxy) is 1. The molecular weight excluding hydrogens is 314 g/mol. The van der Waals surface area contributed by atoms with Gasteiger partial charge < -0.3 is 9.72 Å². The van der Waals surface area contributed by atoms with Gasteiger partial charge in [-0.1, -0.05) is 0 Å². The molecule has 1 aromatic heterocycles. The molecule has 1 saturated heterocycles. The van der Waals surface area contributed by atoms with Gasteiger partial charge in [-0.15, -0.1) is 0 Å². The number of aromatic nitrogens is 1. The van der Waals surface area contributed by atoms with Gasteiger partial charge in [0, 0.05) is 49.7 Å². The van der Waals surface area contributed by atoms with Crippen molar-refractivity contribution < 1.29 is 13.2 Å². The molecule has 3 rings (SSSR count). The van der Waals surface area contributed by atoms with Crippen LogP contribution >= 0.6 is 0 Å². The Hall–Kier alpha value is -1.57. The molecular formula is C16H23N3O3S. The molecule has 1 atom stereocenters. The van der Waals surface area contributed by atoms with Gasteiger partial charge in [0.15, 0.2) is 0 Å². The van der Waals surface area contributed by atoms with Crippen LogP contribution in [-0.4, -0.2) is 56.3 Å². The van der Waals surface area contributed by atoms with Gasteiger partial charge in [-0.25, -0.2) is 0 Å². The molecule has 0 amide bonds. The van der Waals surface area contributed by atoms with Gasteiger partial charge in [-0.05, 0) is 37.1 Å². The Labute approximate surface area is 137 Å². The van der Waals surface area contributed by atoms with E-state index in [9.17, 15) is 8.42 Å². The fraction of sp³-hybridized carbons (Fsp3) is 0.500. The predicted octanol–water partition coefficient (Wildman–Crippen LogP) is 2.16. The molecule has 0 saturated carbocycles. The average molecular weight is 337 g/mol.